The fourth-order valence-electron chi connectivity index (χ4n) is 3.85. The number of benzene rings is 1. The van der Waals surface area contributed by atoms with Gasteiger partial charge in [-0.05, 0) is 54.8 Å². The predicted octanol–water partition coefficient (Wildman–Crippen LogP) is 4.18. The van der Waals surface area contributed by atoms with Crippen molar-refractivity contribution in [3.63, 3.8) is 0 Å². The van der Waals surface area contributed by atoms with E-state index in [-0.39, 0.29) is 35.7 Å². The van der Waals surface area contributed by atoms with E-state index in [1.54, 1.807) is 32.0 Å². The molecule has 0 aliphatic heterocycles. The third kappa shape index (κ3) is 5.08. The number of aryl methyl sites for hydroxylation is 2. The van der Waals surface area contributed by atoms with Crippen LogP contribution < -0.4 is 10.6 Å². The van der Waals surface area contributed by atoms with E-state index in [0.29, 0.717) is 27.2 Å². The lowest BCUT2D eigenvalue weighted by Gasteiger charge is -2.12. The number of amides is 2. The minimum atomic E-state index is -1.23. The van der Waals surface area contributed by atoms with Gasteiger partial charge in [-0.1, -0.05) is 11.6 Å². The molecule has 0 fully saturated rings. The van der Waals surface area contributed by atoms with Crippen molar-refractivity contribution in [3.8, 4) is 6.07 Å². The molecule has 10 nitrogen and oxygen atoms in total. The van der Waals surface area contributed by atoms with Gasteiger partial charge in [0, 0.05) is 23.8 Å². The third-order valence-electron chi connectivity index (χ3n) is 5.50. The van der Waals surface area contributed by atoms with E-state index in [0.717, 1.165) is 5.56 Å². The van der Waals surface area contributed by atoms with Gasteiger partial charge in [0.1, 0.15) is 23.2 Å². The van der Waals surface area contributed by atoms with Crippen LogP contribution in [0.3, 0.4) is 0 Å². The Balaban J connectivity index is 1.53. The lowest BCUT2D eigenvalue weighted by atomic mass is 10.1. The number of halogens is 2. The van der Waals surface area contributed by atoms with Crippen LogP contribution in [0.2, 0.25) is 5.02 Å². The molecule has 1 aromatic carbocycles. The highest BCUT2D eigenvalue weighted by molar-refractivity contribution is 6.31. The molecule has 3 N–H and O–H groups in total. The zero-order valence-electron chi connectivity index (χ0n) is 19.1. The van der Waals surface area contributed by atoms with E-state index in [4.69, 9.17) is 16.7 Å². The van der Waals surface area contributed by atoms with Crippen molar-refractivity contribution in [1.29, 1.82) is 5.26 Å². The summed E-state index contributed by atoms with van der Waals surface area (Å²) < 4.78 is 15.8. The SMILES string of the molecule is Cc1cc(NC(=O)O)nc(C)c1CNC(=O)c1cnn(Cc2cc(F)c3ncc(Cl)cc3c2)c1C#N. The minimum absolute atomic E-state index is 0.0183. The summed E-state index contributed by atoms with van der Waals surface area (Å²) >= 11 is 5.97. The molecule has 182 valence electrons. The molecule has 36 heavy (non-hydrogen) atoms. The summed E-state index contributed by atoms with van der Waals surface area (Å²) in [6.45, 7) is 3.63. The van der Waals surface area contributed by atoms with Crippen LogP contribution in [0.25, 0.3) is 10.9 Å². The molecule has 0 bridgehead atoms. The molecule has 0 spiro atoms. The average Bonchev–Trinajstić information content (AvgIpc) is 3.20. The molecule has 0 atom stereocenters. The maximum atomic E-state index is 14.5. The fourth-order valence-corrected chi connectivity index (χ4v) is 4.02. The first-order chi connectivity index (χ1) is 17.2. The van der Waals surface area contributed by atoms with Crippen molar-refractivity contribution in [3.05, 3.63) is 81.1 Å². The Labute approximate surface area is 209 Å². The second kappa shape index (κ2) is 9.97. The van der Waals surface area contributed by atoms with Gasteiger partial charge in [-0.3, -0.25) is 15.1 Å². The maximum absolute atomic E-state index is 14.5. The van der Waals surface area contributed by atoms with Crippen molar-refractivity contribution in [2.24, 2.45) is 0 Å². The van der Waals surface area contributed by atoms with Crippen LogP contribution >= 0.6 is 11.6 Å². The second-order valence-corrected chi connectivity index (χ2v) is 8.42. The molecule has 2 amide bonds. The molecule has 4 rings (SSSR count). The highest BCUT2D eigenvalue weighted by atomic mass is 35.5. The highest BCUT2D eigenvalue weighted by Crippen LogP contribution is 2.23. The number of pyridine rings is 2. The summed E-state index contributed by atoms with van der Waals surface area (Å²) in [4.78, 5) is 31.9. The van der Waals surface area contributed by atoms with Gasteiger partial charge in [0.2, 0.25) is 0 Å². The van der Waals surface area contributed by atoms with E-state index in [9.17, 15) is 19.2 Å². The van der Waals surface area contributed by atoms with Gasteiger partial charge in [-0.2, -0.15) is 10.4 Å². The summed E-state index contributed by atoms with van der Waals surface area (Å²) in [5.74, 6) is -0.875. The summed E-state index contributed by atoms with van der Waals surface area (Å²) in [6, 6.07) is 8.14. The first-order valence-corrected chi connectivity index (χ1v) is 11.0. The Bertz CT molecular complexity index is 1540. The van der Waals surface area contributed by atoms with Gasteiger partial charge < -0.3 is 10.4 Å². The van der Waals surface area contributed by atoms with Crippen molar-refractivity contribution in [1.82, 2.24) is 25.1 Å². The zero-order valence-corrected chi connectivity index (χ0v) is 19.9. The van der Waals surface area contributed by atoms with Crippen LogP contribution in [0.5, 0.6) is 0 Å². The summed E-state index contributed by atoms with van der Waals surface area (Å²) in [5, 5.41) is 28.5. The van der Waals surface area contributed by atoms with Crippen LogP contribution in [-0.4, -0.2) is 36.9 Å². The average molecular weight is 508 g/mol. The van der Waals surface area contributed by atoms with E-state index >= 15 is 0 Å². The van der Waals surface area contributed by atoms with E-state index in [1.165, 1.54) is 23.1 Å². The van der Waals surface area contributed by atoms with Crippen LogP contribution in [-0.2, 0) is 13.1 Å². The smallest absolute Gasteiger partial charge is 0.410 e. The summed E-state index contributed by atoms with van der Waals surface area (Å²) in [7, 11) is 0. The lowest BCUT2D eigenvalue weighted by Crippen LogP contribution is -2.25. The Morgan fingerprint density at radius 2 is 2.00 bits per heavy atom. The van der Waals surface area contributed by atoms with E-state index in [1.807, 2.05) is 6.07 Å². The van der Waals surface area contributed by atoms with Gasteiger partial charge in [-0.25, -0.2) is 18.9 Å². The summed E-state index contributed by atoms with van der Waals surface area (Å²) in [6.07, 6.45) is 1.41. The highest BCUT2D eigenvalue weighted by Gasteiger charge is 2.19. The first-order valence-electron chi connectivity index (χ1n) is 10.6. The number of nitriles is 1. The van der Waals surface area contributed by atoms with Crippen LogP contribution in [0.1, 0.15) is 38.4 Å². The number of carboxylic acid groups (broad SMARTS) is 1. The number of anilines is 1. The van der Waals surface area contributed by atoms with Crippen LogP contribution in [0, 0.1) is 31.0 Å². The second-order valence-electron chi connectivity index (χ2n) is 7.98. The van der Waals surface area contributed by atoms with Gasteiger partial charge >= 0.3 is 6.09 Å². The molecule has 0 saturated carbocycles. The molecule has 0 aliphatic carbocycles. The Kier molecular flexibility index (Phi) is 6.80. The van der Waals surface area contributed by atoms with Crippen LogP contribution in [0.15, 0.2) is 36.7 Å². The molecule has 4 aromatic rings. The fraction of sp³-hybridized carbons (Fsp3) is 0.167. The molecule has 0 unspecified atom stereocenters. The molecule has 3 heterocycles. The van der Waals surface area contributed by atoms with Gasteiger partial charge in [0.15, 0.2) is 5.69 Å². The largest absolute Gasteiger partial charge is 0.465 e. The number of rotatable bonds is 6. The molecular formula is C24H19ClFN7O3. The molecule has 0 radical (unpaired) electrons. The van der Waals surface area contributed by atoms with E-state index in [2.05, 4.69) is 25.7 Å². The standard InChI is InChI=1S/C24H19ClFN7O3/c1-12-3-21(32-24(35)36)31-13(2)17(12)9-29-23(34)18-10-30-33(20(18)7-27)11-14-4-15-6-16(25)8-28-22(15)19(26)5-14/h3-6,8,10H,9,11H2,1-2H3,(H,29,34)(H,31,32)(H,35,36). The molecule has 0 aliphatic rings. The number of nitrogens with zero attached hydrogens (tertiary/aromatic N) is 5. The van der Waals surface area contributed by atoms with E-state index < -0.39 is 17.8 Å². The number of aromatic nitrogens is 4. The number of fused-ring (bicyclic) bond motifs is 1. The number of carbonyl (C=O) groups excluding carboxylic acids is 1. The maximum Gasteiger partial charge on any atom is 0.410 e. The van der Waals surface area contributed by atoms with Crippen molar-refractivity contribution >= 4 is 40.3 Å². The number of carbonyl (C=O) groups is 2. The Morgan fingerprint density at radius 1 is 1.22 bits per heavy atom. The summed E-state index contributed by atoms with van der Waals surface area (Å²) in [5.41, 5.74) is 2.77. The predicted molar refractivity (Wildman–Crippen MR) is 129 cm³/mol. The number of hydrogen-bond acceptors (Lipinski definition) is 6. The molecule has 12 heteroatoms. The van der Waals surface area contributed by atoms with Crippen molar-refractivity contribution < 1.29 is 19.1 Å². The van der Waals surface area contributed by atoms with Gasteiger partial charge in [0.05, 0.1) is 23.3 Å². The third-order valence-corrected chi connectivity index (χ3v) is 5.71. The Hall–Kier alpha value is -4.56. The molecular weight excluding hydrogens is 489 g/mol. The monoisotopic (exact) mass is 507 g/mol. The molecule has 0 saturated heterocycles. The van der Waals surface area contributed by atoms with Gasteiger partial charge in [0.25, 0.3) is 5.91 Å². The van der Waals surface area contributed by atoms with Crippen LogP contribution in [0.4, 0.5) is 15.0 Å². The topological polar surface area (TPSA) is 146 Å². The number of nitrogens with one attached hydrogen (secondary N) is 2. The quantitative estimate of drug-likeness (QED) is 0.355. The molecule has 3 aromatic heterocycles. The number of hydrogen-bond donors (Lipinski definition) is 3. The normalized spacial score (nSPS) is 10.8. The van der Waals surface area contributed by atoms with Crippen molar-refractivity contribution in [2.75, 3.05) is 5.32 Å². The van der Waals surface area contributed by atoms with Crippen molar-refractivity contribution in [2.45, 2.75) is 26.9 Å². The first kappa shape index (κ1) is 24.6. The lowest BCUT2D eigenvalue weighted by molar-refractivity contribution is 0.0950. The van der Waals surface area contributed by atoms with Gasteiger partial charge in [-0.15, -0.1) is 0 Å². The zero-order chi connectivity index (χ0) is 26.0. The Morgan fingerprint density at radius 3 is 2.69 bits per heavy atom. The minimum Gasteiger partial charge on any atom is -0.465 e.